The first-order chi connectivity index (χ1) is 8.07. The maximum Gasteiger partial charge on any atom is 0.00884 e. The maximum atomic E-state index is 3.40. The molecule has 1 rings (SSSR count). The third-order valence-corrected chi connectivity index (χ3v) is 4.10. The van der Waals surface area contributed by atoms with Crippen molar-refractivity contribution in [3.05, 3.63) is 0 Å². The van der Waals surface area contributed by atoms with Crippen molar-refractivity contribution in [2.24, 2.45) is 5.41 Å². The molecule has 1 fully saturated rings. The van der Waals surface area contributed by atoms with Crippen LogP contribution in [0.1, 0.15) is 59.3 Å². The van der Waals surface area contributed by atoms with Gasteiger partial charge in [0.1, 0.15) is 0 Å². The number of likely N-dealkylation sites (tertiary alicyclic amines) is 1. The highest BCUT2D eigenvalue weighted by molar-refractivity contribution is 4.80. The summed E-state index contributed by atoms with van der Waals surface area (Å²) in [5.41, 5.74) is 0.502. The Morgan fingerprint density at radius 3 is 2.35 bits per heavy atom. The molecule has 0 radical (unpaired) electrons. The van der Waals surface area contributed by atoms with Crippen molar-refractivity contribution in [3.8, 4) is 0 Å². The fraction of sp³-hybridized carbons (Fsp3) is 1.00. The van der Waals surface area contributed by atoms with Crippen molar-refractivity contribution >= 4 is 0 Å². The van der Waals surface area contributed by atoms with Crippen LogP contribution in [0.15, 0.2) is 0 Å². The highest BCUT2D eigenvalue weighted by Gasteiger charge is 2.24. The van der Waals surface area contributed by atoms with Crippen molar-refractivity contribution in [1.82, 2.24) is 10.2 Å². The maximum absolute atomic E-state index is 3.40. The van der Waals surface area contributed by atoms with Crippen LogP contribution in [-0.2, 0) is 0 Å². The fourth-order valence-electron chi connectivity index (χ4n) is 2.92. The van der Waals surface area contributed by atoms with Crippen LogP contribution in [0.4, 0.5) is 0 Å². The molecular weight excluding hydrogens is 208 g/mol. The summed E-state index contributed by atoms with van der Waals surface area (Å²) in [5, 5.41) is 3.40. The second-order valence-corrected chi connectivity index (χ2v) is 6.46. The molecule has 2 heteroatoms. The Morgan fingerprint density at radius 2 is 1.82 bits per heavy atom. The standard InChI is InChI=1S/C15H32N2/c1-5-6-7-10-15(2,3)13-17-11-8-14(16-4)9-12-17/h14,16H,5-13H2,1-4H3. The lowest BCUT2D eigenvalue weighted by atomic mass is 9.85. The molecule has 0 aromatic carbocycles. The number of unbranched alkanes of at least 4 members (excludes halogenated alkanes) is 2. The summed E-state index contributed by atoms with van der Waals surface area (Å²) in [5.74, 6) is 0. The Kier molecular flexibility index (Phi) is 6.50. The van der Waals surface area contributed by atoms with E-state index in [9.17, 15) is 0 Å². The van der Waals surface area contributed by atoms with E-state index in [-0.39, 0.29) is 0 Å². The van der Waals surface area contributed by atoms with Crippen LogP contribution in [0, 0.1) is 5.41 Å². The summed E-state index contributed by atoms with van der Waals surface area (Å²) >= 11 is 0. The first kappa shape index (κ1) is 15.0. The van der Waals surface area contributed by atoms with Gasteiger partial charge in [-0.05, 0) is 44.8 Å². The molecule has 0 aliphatic carbocycles. The molecule has 17 heavy (non-hydrogen) atoms. The SMILES string of the molecule is CCCCCC(C)(C)CN1CCC(NC)CC1. The van der Waals surface area contributed by atoms with Crippen LogP contribution >= 0.6 is 0 Å². The van der Waals surface area contributed by atoms with Gasteiger partial charge in [0.05, 0.1) is 0 Å². The number of rotatable bonds is 7. The zero-order valence-corrected chi connectivity index (χ0v) is 12.4. The van der Waals surface area contributed by atoms with Crippen molar-refractivity contribution in [3.63, 3.8) is 0 Å². The Morgan fingerprint density at radius 1 is 1.18 bits per heavy atom. The van der Waals surface area contributed by atoms with Crippen molar-refractivity contribution in [2.45, 2.75) is 65.3 Å². The van der Waals surface area contributed by atoms with Crippen LogP contribution in [0.2, 0.25) is 0 Å². The van der Waals surface area contributed by atoms with E-state index >= 15 is 0 Å². The highest BCUT2D eigenvalue weighted by Crippen LogP contribution is 2.26. The Balaban J connectivity index is 2.23. The van der Waals surface area contributed by atoms with Gasteiger partial charge in [0.15, 0.2) is 0 Å². The molecule has 0 aromatic heterocycles. The van der Waals surface area contributed by atoms with Crippen LogP contribution in [0.5, 0.6) is 0 Å². The predicted molar refractivity (Wildman–Crippen MR) is 76.4 cm³/mol. The number of hydrogen-bond donors (Lipinski definition) is 1. The van der Waals surface area contributed by atoms with Crippen molar-refractivity contribution < 1.29 is 0 Å². The molecule has 0 spiro atoms. The molecule has 1 heterocycles. The summed E-state index contributed by atoms with van der Waals surface area (Å²) in [7, 11) is 2.09. The summed E-state index contributed by atoms with van der Waals surface area (Å²) in [6.07, 6.45) is 8.15. The minimum Gasteiger partial charge on any atom is -0.317 e. The average Bonchev–Trinajstić information content (AvgIpc) is 2.30. The summed E-state index contributed by atoms with van der Waals surface area (Å²) < 4.78 is 0. The topological polar surface area (TPSA) is 15.3 Å². The minimum absolute atomic E-state index is 0.502. The monoisotopic (exact) mass is 240 g/mol. The van der Waals surface area contributed by atoms with Crippen molar-refractivity contribution in [1.29, 1.82) is 0 Å². The Hall–Kier alpha value is -0.0800. The lowest BCUT2D eigenvalue weighted by Crippen LogP contribution is -2.44. The van der Waals surface area contributed by atoms with E-state index in [1.807, 2.05) is 0 Å². The van der Waals surface area contributed by atoms with Crippen LogP contribution in [-0.4, -0.2) is 37.6 Å². The molecule has 0 amide bonds. The zero-order valence-electron chi connectivity index (χ0n) is 12.4. The highest BCUT2D eigenvalue weighted by atomic mass is 15.1. The number of nitrogens with zero attached hydrogens (tertiary/aromatic N) is 1. The van der Waals surface area contributed by atoms with Gasteiger partial charge in [-0.15, -0.1) is 0 Å². The second kappa shape index (κ2) is 7.38. The number of piperidine rings is 1. The quantitative estimate of drug-likeness (QED) is 0.687. The van der Waals surface area contributed by atoms with E-state index in [0.717, 1.165) is 6.04 Å². The van der Waals surface area contributed by atoms with E-state index in [2.05, 4.69) is 38.0 Å². The lowest BCUT2D eigenvalue weighted by Gasteiger charge is -2.37. The van der Waals surface area contributed by atoms with Gasteiger partial charge in [-0.3, -0.25) is 0 Å². The van der Waals surface area contributed by atoms with Gasteiger partial charge in [0, 0.05) is 12.6 Å². The largest absolute Gasteiger partial charge is 0.317 e. The van der Waals surface area contributed by atoms with E-state index in [4.69, 9.17) is 0 Å². The van der Waals surface area contributed by atoms with Gasteiger partial charge >= 0.3 is 0 Å². The summed E-state index contributed by atoms with van der Waals surface area (Å²) in [4.78, 5) is 2.67. The van der Waals surface area contributed by atoms with Crippen LogP contribution in [0.3, 0.4) is 0 Å². The third-order valence-electron chi connectivity index (χ3n) is 4.10. The van der Waals surface area contributed by atoms with E-state index in [0.29, 0.717) is 5.41 Å². The van der Waals surface area contributed by atoms with Gasteiger partial charge in [0.25, 0.3) is 0 Å². The Bertz CT molecular complexity index is 193. The molecule has 1 saturated heterocycles. The molecular formula is C15H32N2. The summed E-state index contributed by atoms with van der Waals surface area (Å²) in [6, 6.07) is 0.759. The Labute approximate surface area is 108 Å². The molecule has 0 unspecified atom stereocenters. The lowest BCUT2D eigenvalue weighted by molar-refractivity contribution is 0.131. The molecule has 2 nitrogen and oxygen atoms in total. The molecule has 0 aromatic rings. The van der Waals surface area contributed by atoms with E-state index in [1.54, 1.807) is 0 Å². The van der Waals surface area contributed by atoms with Crippen molar-refractivity contribution in [2.75, 3.05) is 26.7 Å². The molecule has 0 saturated carbocycles. The second-order valence-electron chi connectivity index (χ2n) is 6.46. The molecule has 1 aliphatic heterocycles. The smallest absolute Gasteiger partial charge is 0.00884 e. The van der Waals surface area contributed by atoms with Gasteiger partial charge in [0.2, 0.25) is 0 Å². The molecule has 102 valence electrons. The van der Waals surface area contributed by atoms with Crippen LogP contribution < -0.4 is 5.32 Å². The van der Waals surface area contributed by atoms with Gasteiger partial charge < -0.3 is 10.2 Å². The third kappa shape index (κ3) is 5.87. The summed E-state index contributed by atoms with van der Waals surface area (Å²) in [6.45, 7) is 11.0. The first-order valence-corrected chi connectivity index (χ1v) is 7.47. The van der Waals surface area contributed by atoms with Gasteiger partial charge in [-0.2, -0.15) is 0 Å². The molecule has 1 N–H and O–H groups in total. The predicted octanol–water partition coefficient (Wildman–Crippen LogP) is 3.28. The fourth-order valence-corrected chi connectivity index (χ4v) is 2.92. The van der Waals surface area contributed by atoms with E-state index < -0.39 is 0 Å². The normalized spacial score (nSPS) is 19.8. The zero-order chi connectivity index (χ0) is 12.7. The van der Waals surface area contributed by atoms with Crippen LogP contribution in [0.25, 0.3) is 0 Å². The number of hydrogen-bond acceptors (Lipinski definition) is 2. The molecule has 0 atom stereocenters. The first-order valence-electron chi connectivity index (χ1n) is 7.47. The van der Waals surface area contributed by atoms with E-state index in [1.165, 1.54) is 58.2 Å². The van der Waals surface area contributed by atoms with Gasteiger partial charge in [-0.1, -0.05) is 40.0 Å². The molecule has 1 aliphatic rings. The van der Waals surface area contributed by atoms with Gasteiger partial charge in [-0.25, -0.2) is 0 Å². The number of nitrogens with one attached hydrogen (secondary N) is 1. The minimum atomic E-state index is 0.502. The average molecular weight is 240 g/mol. The molecule has 0 bridgehead atoms.